The molecule has 4 rings (SSSR count). The summed E-state index contributed by atoms with van der Waals surface area (Å²) < 4.78 is 11.0. The fourth-order valence-corrected chi connectivity index (χ4v) is 2.93. The molecule has 1 heterocycles. The van der Waals surface area contributed by atoms with Crippen LogP contribution >= 0.6 is 0 Å². The average Bonchev–Trinajstić information content (AvgIpc) is 3.30. The van der Waals surface area contributed by atoms with Gasteiger partial charge in [0.05, 0.1) is 0 Å². The number of carbonyl (C=O) groups is 1. The molecule has 0 saturated heterocycles. The van der Waals surface area contributed by atoms with E-state index in [4.69, 9.17) is 9.15 Å². The van der Waals surface area contributed by atoms with Crippen molar-refractivity contribution >= 4 is 11.6 Å². The standard InChI is InChI=1S/C23H19N3O3/c1-16(29-19-13-11-18(12-14-19)23-26-24-15-28-23)22(27)25-21-10-6-5-9-20(21)17-7-3-2-4-8-17/h2-16H,1H3,(H,25,27)/t16-/m0/s1. The molecule has 0 bridgehead atoms. The van der Waals surface area contributed by atoms with Crippen LogP contribution in [-0.2, 0) is 4.79 Å². The number of nitrogens with zero attached hydrogens (tertiary/aromatic N) is 2. The number of para-hydroxylation sites is 1. The fourth-order valence-electron chi connectivity index (χ4n) is 2.93. The Bertz CT molecular complexity index is 1080. The monoisotopic (exact) mass is 385 g/mol. The van der Waals surface area contributed by atoms with Crippen molar-refractivity contribution in [3.63, 3.8) is 0 Å². The lowest BCUT2D eigenvalue weighted by atomic mass is 10.0. The van der Waals surface area contributed by atoms with Crippen LogP contribution in [0.25, 0.3) is 22.6 Å². The van der Waals surface area contributed by atoms with E-state index in [-0.39, 0.29) is 5.91 Å². The first-order valence-corrected chi connectivity index (χ1v) is 9.19. The number of ether oxygens (including phenoxy) is 1. The maximum atomic E-state index is 12.7. The third-order valence-corrected chi connectivity index (χ3v) is 4.41. The summed E-state index contributed by atoms with van der Waals surface area (Å²) in [5.74, 6) is 0.779. The van der Waals surface area contributed by atoms with Gasteiger partial charge in [-0.3, -0.25) is 4.79 Å². The zero-order chi connectivity index (χ0) is 20.1. The van der Waals surface area contributed by atoms with Gasteiger partial charge >= 0.3 is 0 Å². The highest BCUT2D eigenvalue weighted by Crippen LogP contribution is 2.28. The first-order chi connectivity index (χ1) is 14.2. The highest BCUT2D eigenvalue weighted by Gasteiger charge is 2.17. The van der Waals surface area contributed by atoms with Crippen molar-refractivity contribution in [2.75, 3.05) is 5.32 Å². The van der Waals surface area contributed by atoms with Crippen LogP contribution in [-0.4, -0.2) is 22.2 Å². The Balaban J connectivity index is 1.44. The second-order valence-electron chi connectivity index (χ2n) is 6.43. The van der Waals surface area contributed by atoms with E-state index in [0.29, 0.717) is 11.6 Å². The molecule has 0 aliphatic carbocycles. The van der Waals surface area contributed by atoms with E-state index in [9.17, 15) is 4.79 Å². The van der Waals surface area contributed by atoms with Crippen LogP contribution in [0.15, 0.2) is 89.7 Å². The summed E-state index contributed by atoms with van der Waals surface area (Å²) in [6.45, 7) is 1.71. The van der Waals surface area contributed by atoms with E-state index in [1.807, 2.05) is 54.6 Å². The zero-order valence-electron chi connectivity index (χ0n) is 15.8. The largest absolute Gasteiger partial charge is 0.481 e. The molecule has 0 saturated carbocycles. The van der Waals surface area contributed by atoms with Crippen LogP contribution in [0.2, 0.25) is 0 Å². The summed E-state index contributed by atoms with van der Waals surface area (Å²) in [6.07, 6.45) is 0.604. The van der Waals surface area contributed by atoms with Crippen LogP contribution in [0.3, 0.4) is 0 Å². The number of nitrogens with one attached hydrogen (secondary N) is 1. The molecule has 1 aromatic heterocycles. The van der Waals surface area contributed by atoms with Crippen LogP contribution in [0.5, 0.6) is 5.75 Å². The van der Waals surface area contributed by atoms with Crippen molar-refractivity contribution < 1.29 is 13.9 Å². The van der Waals surface area contributed by atoms with Crippen molar-refractivity contribution in [2.24, 2.45) is 0 Å². The van der Waals surface area contributed by atoms with Gasteiger partial charge in [-0.15, -0.1) is 10.2 Å². The van der Waals surface area contributed by atoms with Gasteiger partial charge < -0.3 is 14.5 Å². The van der Waals surface area contributed by atoms with Crippen molar-refractivity contribution in [1.29, 1.82) is 0 Å². The molecule has 1 amide bonds. The van der Waals surface area contributed by atoms with Gasteiger partial charge in [-0.1, -0.05) is 48.5 Å². The molecule has 6 nitrogen and oxygen atoms in total. The number of hydrogen-bond acceptors (Lipinski definition) is 5. The molecule has 144 valence electrons. The predicted octanol–water partition coefficient (Wildman–Crippen LogP) is 4.81. The number of anilines is 1. The van der Waals surface area contributed by atoms with Gasteiger partial charge in [0.15, 0.2) is 6.10 Å². The van der Waals surface area contributed by atoms with E-state index in [2.05, 4.69) is 15.5 Å². The molecule has 0 aliphatic heterocycles. The van der Waals surface area contributed by atoms with Gasteiger partial charge in [-0.05, 0) is 42.8 Å². The van der Waals surface area contributed by atoms with Gasteiger partial charge in [0.2, 0.25) is 12.3 Å². The Hall–Kier alpha value is -3.93. The molecule has 0 unspecified atom stereocenters. The van der Waals surface area contributed by atoms with Crippen molar-refractivity contribution in [3.05, 3.63) is 85.3 Å². The lowest BCUT2D eigenvalue weighted by molar-refractivity contribution is -0.122. The third-order valence-electron chi connectivity index (χ3n) is 4.41. The smallest absolute Gasteiger partial charge is 0.265 e. The zero-order valence-corrected chi connectivity index (χ0v) is 15.8. The highest BCUT2D eigenvalue weighted by atomic mass is 16.5. The number of amides is 1. The molecule has 4 aromatic rings. The average molecular weight is 385 g/mol. The Morgan fingerprint density at radius 3 is 2.38 bits per heavy atom. The van der Waals surface area contributed by atoms with E-state index < -0.39 is 6.10 Å². The first kappa shape index (κ1) is 18.4. The summed E-state index contributed by atoms with van der Waals surface area (Å²) in [6, 6.07) is 24.8. The Kier molecular flexibility index (Phi) is 5.33. The van der Waals surface area contributed by atoms with Crippen LogP contribution in [0, 0.1) is 0 Å². The van der Waals surface area contributed by atoms with Crippen molar-refractivity contribution in [3.8, 4) is 28.3 Å². The lowest BCUT2D eigenvalue weighted by Gasteiger charge is -2.17. The lowest BCUT2D eigenvalue weighted by Crippen LogP contribution is -2.30. The maximum Gasteiger partial charge on any atom is 0.265 e. The number of rotatable bonds is 6. The summed E-state index contributed by atoms with van der Waals surface area (Å²) in [7, 11) is 0. The predicted molar refractivity (Wildman–Crippen MR) is 110 cm³/mol. The number of carbonyl (C=O) groups excluding carboxylic acids is 1. The highest BCUT2D eigenvalue weighted by molar-refractivity contribution is 5.98. The normalized spacial score (nSPS) is 11.6. The Morgan fingerprint density at radius 1 is 0.931 bits per heavy atom. The van der Waals surface area contributed by atoms with E-state index in [1.54, 1.807) is 31.2 Å². The second-order valence-corrected chi connectivity index (χ2v) is 6.43. The summed E-state index contributed by atoms with van der Waals surface area (Å²) in [4.78, 5) is 12.7. The van der Waals surface area contributed by atoms with Gasteiger partial charge in [0.1, 0.15) is 5.75 Å². The van der Waals surface area contributed by atoms with Gasteiger partial charge in [-0.25, -0.2) is 0 Å². The molecular weight excluding hydrogens is 366 g/mol. The van der Waals surface area contributed by atoms with Gasteiger partial charge in [-0.2, -0.15) is 0 Å². The Labute approximate surface area is 168 Å². The maximum absolute atomic E-state index is 12.7. The van der Waals surface area contributed by atoms with Gasteiger partial charge in [0, 0.05) is 16.8 Å². The molecule has 0 radical (unpaired) electrons. The Morgan fingerprint density at radius 2 is 1.66 bits per heavy atom. The number of aromatic nitrogens is 2. The van der Waals surface area contributed by atoms with E-state index in [0.717, 1.165) is 22.4 Å². The molecular formula is C23H19N3O3. The third kappa shape index (κ3) is 4.32. The first-order valence-electron chi connectivity index (χ1n) is 9.19. The minimum absolute atomic E-state index is 0.227. The molecule has 1 N–H and O–H groups in total. The van der Waals surface area contributed by atoms with Crippen LogP contribution in [0.1, 0.15) is 6.92 Å². The molecule has 0 spiro atoms. The summed E-state index contributed by atoms with van der Waals surface area (Å²) in [5, 5.41) is 10.5. The number of hydrogen-bond donors (Lipinski definition) is 1. The quantitative estimate of drug-likeness (QED) is 0.515. The van der Waals surface area contributed by atoms with E-state index >= 15 is 0 Å². The minimum Gasteiger partial charge on any atom is -0.481 e. The molecule has 29 heavy (non-hydrogen) atoms. The minimum atomic E-state index is -0.673. The molecule has 0 fully saturated rings. The second kappa shape index (κ2) is 8.39. The van der Waals surface area contributed by atoms with Crippen molar-refractivity contribution in [1.82, 2.24) is 10.2 Å². The molecule has 0 aliphatic rings. The summed E-state index contributed by atoms with van der Waals surface area (Å²) >= 11 is 0. The SMILES string of the molecule is C[C@H](Oc1ccc(-c2nnco2)cc1)C(=O)Nc1ccccc1-c1ccccc1. The van der Waals surface area contributed by atoms with Crippen LogP contribution in [0.4, 0.5) is 5.69 Å². The van der Waals surface area contributed by atoms with Crippen LogP contribution < -0.4 is 10.1 Å². The molecule has 1 atom stereocenters. The topological polar surface area (TPSA) is 77.2 Å². The van der Waals surface area contributed by atoms with Crippen molar-refractivity contribution in [2.45, 2.75) is 13.0 Å². The molecule has 6 heteroatoms. The molecule has 3 aromatic carbocycles. The van der Waals surface area contributed by atoms with E-state index in [1.165, 1.54) is 6.39 Å². The summed E-state index contributed by atoms with van der Waals surface area (Å²) in [5.41, 5.74) is 3.51. The fraction of sp³-hybridized carbons (Fsp3) is 0.0870. The van der Waals surface area contributed by atoms with Gasteiger partial charge in [0.25, 0.3) is 5.91 Å². The number of benzene rings is 3.